The van der Waals surface area contributed by atoms with Gasteiger partial charge in [-0.2, -0.15) is 18.2 Å². The molecular weight excluding hydrogens is 409 g/mol. The monoisotopic (exact) mass is 433 g/mol. The number of guanidine groups is 1. The summed E-state index contributed by atoms with van der Waals surface area (Å²) in [6, 6.07) is 1.73. The van der Waals surface area contributed by atoms with Crippen LogP contribution in [-0.4, -0.2) is 50.7 Å². The van der Waals surface area contributed by atoms with Crippen molar-refractivity contribution in [2.24, 2.45) is 4.99 Å². The van der Waals surface area contributed by atoms with E-state index in [1.54, 1.807) is 33.0 Å². The largest absolute Gasteiger partial charge is 0.419 e. The van der Waals surface area contributed by atoms with Crippen molar-refractivity contribution in [3.05, 3.63) is 46.5 Å². The first-order valence-corrected chi connectivity index (χ1v) is 8.90. The Morgan fingerprint density at radius 2 is 1.97 bits per heavy atom. The molecule has 0 aliphatic heterocycles. The second kappa shape index (κ2) is 10.7. The Morgan fingerprint density at radius 1 is 1.33 bits per heavy atom. The van der Waals surface area contributed by atoms with E-state index in [1.165, 1.54) is 0 Å². The van der Waals surface area contributed by atoms with Gasteiger partial charge in [0, 0.05) is 21.1 Å². The lowest BCUT2D eigenvalue weighted by molar-refractivity contribution is -0.140. The number of hydrogen-bond acceptors (Lipinski definition) is 4. The number of rotatable bonds is 8. The third-order valence-corrected chi connectivity index (χ3v) is 4.12. The number of aldehydes is 1. The van der Waals surface area contributed by atoms with Gasteiger partial charge in [0.25, 0.3) is 0 Å². The molecule has 0 spiro atoms. The van der Waals surface area contributed by atoms with Crippen LogP contribution in [0.3, 0.4) is 0 Å². The second-order valence-electron chi connectivity index (χ2n) is 6.41. The molecule has 0 heterocycles. The Hall–Kier alpha value is -2.98. The molecule has 1 aromatic rings. The van der Waals surface area contributed by atoms with Gasteiger partial charge in [-0.1, -0.05) is 13.0 Å². The highest BCUT2D eigenvalue weighted by atomic mass is 19.4. The minimum Gasteiger partial charge on any atom is -0.363 e. The molecule has 6 nitrogen and oxygen atoms in total. The minimum atomic E-state index is -4.83. The molecule has 0 aliphatic carbocycles. The van der Waals surface area contributed by atoms with Crippen molar-refractivity contribution in [1.82, 2.24) is 15.5 Å². The molecule has 3 N–H and O–H groups in total. The summed E-state index contributed by atoms with van der Waals surface area (Å²) in [6.45, 7) is 0.456. The Labute approximate surface area is 171 Å². The normalized spacial score (nSPS) is 14.0. The predicted octanol–water partition coefficient (Wildman–Crippen LogP) is 3.42. The van der Waals surface area contributed by atoms with Crippen LogP contribution in [0.1, 0.15) is 30.5 Å². The summed E-state index contributed by atoms with van der Waals surface area (Å²) in [5, 5.41) is 13.3. The first kappa shape index (κ1) is 25.1. The summed E-state index contributed by atoms with van der Waals surface area (Å²) >= 11 is 0. The van der Waals surface area contributed by atoms with Gasteiger partial charge < -0.3 is 20.9 Å². The Bertz CT molecular complexity index is 833. The number of alkyl halides is 4. The molecule has 0 radical (unpaired) electrons. The van der Waals surface area contributed by atoms with E-state index >= 15 is 0 Å². The number of hydrogen-bond donors (Lipinski definition) is 3. The number of benzene rings is 1. The highest BCUT2D eigenvalue weighted by molar-refractivity contribution is 6.14. The van der Waals surface area contributed by atoms with Crippen molar-refractivity contribution in [2.45, 2.75) is 25.6 Å². The molecule has 1 unspecified atom stereocenters. The molecule has 166 valence electrons. The quantitative estimate of drug-likeness (QED) is 0.193. The maximum atomic E-state index is 14.0. The van der Waals surface area contributed by atoms with Gasteiger partial charge in [-0.05, 0) is 24.1 Å². The Morgan fingerprint density at radius 3 is 2.37 bits per heavy atom. The van der Waals surface area contributed by atoms with Crippen LogP contribution in [0, 0.1) is 11.2 Å². The molecule has 0 saturated carbocycles. The zero-order valence-electron chi connectivity index (χ0n) is 17.0. The molecule has 11 heteroatoms. The van der Waals surface area contributed by atoms with E-state index in [0.29, 0.717) is 6.07 Å². The summed E-state index contributed by atoms with van der Waals surface area (Å²) in [7, 11) is 4.85. The van der Waals surface area contributed by atoms with Crippen molar-refractivity contribution in [1.29, 1.82) is 5.41 Å². The van der Waals surface area contributed by atoms with Gasteiger partial charge in [0.2, 0.25) is 0 Å². The van der Waals surface area contributed by atoms with Crippen LogP contribution in [0.25, 0.3) is 0 Å². The molecule has 0 saturated heterocycles. The van der Waals surface area contributed by atoms with Gasteiger partial charge in [-0.3, -0.25) is 4.79 Å². The summed E-state index contributed by atoms with van der Waals surface area (Å²) < 4.78 is 65.5. The zero-order chi connectivity index (χ0) is 23.1. The van der Waals surface area contributed by atoms with Crippen molar-refractivity contribution in [3.8, 4) is 0 Å². The van der Waals surface area contributed by atoms with E-state index in [-0.39, 0.29) is 35.6 Å². The highest BCUT2D eigenvalue weighted by Crippen LogP contribution is 2.33. The van der Waals surface area contributed by atoms with Gasteiger partial charge in [0.1, 0.15) is 18.3 Å². The smallest absolute Gasteiger partial charge is 0.363 e. The zero-order valence-corrected chi connectivity index (χ0v) is 17.0. The fourth-order valence-corrected chi connectivity index (χ4v) is 2.56. The minimum absolute atomic E-state index is 0.169. The van der Waals surface area contributed by atoms with Gasteiger partial charge in [0.15, 0.2) is 12.2 Å². The van der Waals surface area contributed by atoms with Crippen molar-refractivity contribution in [2.75, 3.05) is 27.8 Å². The lowest BCUT2D eigenvalue weighted by Crippen LogP contribution is -2.35. The Balaban J connectivity index is 3.49. The number of carbonyl (C=O) groups excluding carboxylic acids is 1. The third-order valence-electron chi connectivity index (χ3n) is 4.12. The van der Waals surface area contributed by atoms with E-state index < -0.39 is 36.0 Å². The van der Waals surface area contributed by atoms with E-state index in [0.717, 1.165) is 12.1 Å². The molecule has 0 amide bonds. The maximum absolute atomic E-state index is 14.0. The van der Waals surface area contributed by atoms with Crippen LogP contribution < -0.4 is 10.6 Å². The average molecular weight is 433 g/mol. The van der Waals surface area contributed by atoms with E-state index in [4.69, 9.17) is 5.41 Å². The fraction of sp³-hybridized carbons (Fsp3) is 0.421. The van der Waals surface area contributed by atoms with Crippen LogP contribution in [-0.2, 0) is 11.0 Å². The van der Waals surface area contributed by atoms with Crippen LogP contribution in [0.15, 0.2) is 34.6 Å². The topological polar surface area (TPSA) is 80.6 Å². The Kier molecular flexibility index (Phi) is 8.94. The summed E-state index contributed by atoms with van der Waals surface area (Å²) in [5.74, 6) is -1.35. The average Bonchev–Trinajstić information content (AvgIpc) is 2.68. The first-order valence-electron chi connectivity index (χ1n) is 8.90. The van der Waals surface area contributed by atoms with Crippen LogP contribution in [0.5, 0.6) is 0 Å². The maximum Gasteiger partial charge on any atom is 0.419 e. The lowest BCUT2D eigenvalue weighted by atomic mass is 10.0. The van der Waals surface area contributed by atoms with Gasteiger partial charge in [-0.15, -0.1) is 0 Å². The number of carbonyl (C=O) groups is 1. The fourth-order valence-electron chi connectivity index (χ4n) is 2.56. The molecule has 30 heavy (non-hydrogen) atoms. The molecule has 0 bridgehead atoms. The highest BCUT2D eigenvalue weighted by Gasteiger charge is 2.34. The summed E-state index contributed by atoms with van der Waals surface area (Å²) in [5.41, 5.74) is -2.21. The molecular formula is C19H24F5N5O. The molecule has 1 atom stereocenters. The van der Waals surface area contributed by atoms with Crippen LogP contribution in [0.4, 0.5) is 22.0 Å². The van der Waals surface area contributed by atoms with Gasteiger partial charge >= 0.3 is 6.18 Å². The van der Waals surface area contributed by atoms with Crippen LogP contribution >= 0.6 is 0 Å². The van der Waals surface area contributed by atoms with Crippen molar-refractivity contribution >= 4 is 18.0 Å². The van der Waals surface area contributed by atoms with E-state index in [9.17, 15) is 26.7 Å². The number of nitrogens with one attached hydrogen (secondary N) is 3. The molecule has 1 aromatic carbocycles. The van der Waals surface area contributed by atoms with Crippen LogP contribution in [0.2, 0.25) is 0 Å². The number of nitrogens with zero attached hydrogens (tertiary/aromatic N) is 2. The van der Waals surface area contributed by atoms with Crippen molar-refractivity contribution in [3.63, 3.8) is 0 Å². The SMILES string of the molecule is CCC(NC(/N=C(\NC)N(C)C)=C(/C=O)C(=N)CF)c1ccc(C(F)(F)F)c(F)c1. The van der Waals surface area contributed by atoms with Crippen molar-refractivity contribution < 1.29 is 26.7 Å². The summed E-state index contributed by atoms with van der Waals surface area (Å²) in [4.78, 5) is 17.3. The predicted molar refractivity (Wildman–Crippen MR) is 105 cm³/mol. The number of allylic oxidation sites excluding steroid dienone is 1. The summed E-state index contributed by atoms with van der Waals surface area (Å²) in [6.07, 6.45) is -4.30. The molecule has 0 fully saturated rings. The third kappa shape index (κ3) is 6.26. The van der Waals surface area contributed by atoms with Gasteiger partial charge in [0.05, 0.1) is 22.9 Å². The number of halogens is 5. The van der Waals surface area contributed by atoms with Gasteiger partial charge in [-0.25, -0.2) is 8.78 Å². The molecule has 1 rings (SSSR count). The first-order chi connectivity index (χ1) is 14.0. The number of aliphatic imine (C=N–C) groups is 1. The second-order valence-corrected chi connectivity index (χ2v) is 6.41. The lowest BCUT2D eigenvalue weighted by Gasteiger charge is -2.23. The molecule has 0 aromatic heterocycles. The van der Waals surface area contributed by atoms with E-state index in [2.05, 4.69) is 15.6 Å². The standard InChI is InChI=1S/C19H24F5N5O/c1-5-16(11-6-7-13(14(21)8-11)19(22,23)24)27-17(12(10-30)15(25)9-20)28-18(26-2)29(3)4/h6-8,10,16,25,27H,5,9H2,1-4H3,(H,26,28)/b17-12+,25-15?. The van der Waals surface area contributed by atoms with E-state index in [1.807, 2.05) is 0 Å². The molecule has 0 aliphatic rings.